The van der Waals surface area contributed by atoms with E-state index in [1.807, 2.05) is 36.2 Å². The van der Waals surface area contributed by atoms with E-state index in [1.165, 1.54) is 6.07 Å². The zero-order valence-electron chi connectivity index (χ0n) is 10.8. The lowest BCUT2D eigenvalue weighted by Crippen LogP contribution is -2.19. The van der Waals surface area contributed by atoms with Crippen LogP contribution in [0.25, 0.3) is 0 Å². The molecule has 0 bridgehead atoms. The molecule has 0 unspecified atom stereocenters. The van der Waals surface area contributed by atoms with E-state index in [1.54, 1.807) is 12.1 Å². The van der Waals surface area contributed by atoms with Crippen molar-refractivity contribution in [2.24, 2.45) is 0 Å². The zero-order valence-corrected chi connectivity index (χ0v) is 13.1. The number of aromatic carboxylic acids is 1. The van der Waals surface area contributed by atoms with Crippen LogP contribution in [0.4, 0.5) is 5.69 Å². The van der Waals surface area contributed by atoms with Gasteiger partial charge in [-0.15, -0.1) is 0 Å². The van der Waals surface area contributed by atoms with Gasteiger partial charge in [0.1, 0.15) is 0 Å². The van der Waals surface area contributed by atoms with Gasteiger partial charge in [-0.3, -0.25) is 0 Å². The second-order valence-electron chi connectivity index (χ2n) is 4.41. The molecule has 0 aliphatic carbocycles. The number of rotatable bonds is 4. The Labute approximate surface area is 130 Å². The molecule has 1 N–H and O–H groups in total. The molecular formula is C15H13BrClNO2. The van der Waals surface area contributed by atoms with Crippen LogP contribution in [0.1, 0.15) is 15.9 Å². The number of hydrogen-bond donors (Lipinski definition) is 1. The van der Waals surface area contributed by atoms with Crippen LogP contribution < -0.4 is 4.90 Å². The highest BCUT2D eigenvalue weighted by atomic mass is 79.9. The maximum Gasteiger partial charge on any atom is 0.337 e. The molecule has 0 radical (unpaired) electrons. The summed E-state index contributed by atoms with van der Waals surface area (Å²) in [7, 11) is 1.86. The van der Waals surface area contributed by atoms with Crippen molar-refractivity contribution in [3.05, 3.63) is 63.1 Å². The number of carboxylic acid groups (broad SMARTS) is 1. The molecule has 0 aliphatic rings. The first-order valence-corrected chi connectivity index (χ1v) is 7.13. The SMILES string of the molecule is CN(Cc1ccccc1Br)c1ccc(Cl)cc1C(=O)O. The summed E-state index contributed by atoms with van der Waals surface area (Å²) in [4.78, 5) is 13.2. The molecule has 2 aromatic carbocycles. The fourth-order valence-corrected chi connectivity index (χ4v) is 2.56. The van der Waals surface area contributed by atoms with Crippen LogP contribution in [0.2, 0.25) is 5.02 Å². The van der Waals surface area contributed by atoms with Gasteiger partial charge in [0.15, 0.2) is 0 Å². The molecule has 20 heavy (non-hydrogen) atoms. The molecule has 2 rings (SSSR count). The number of carboxylic acids is 1. The average molecular weight is 355 g/mol. The number of anilines is 1. The molecule has 0 amide bonds. The monoisotopic (exact) mass is 353 g/mol. The second-order valence-corrected chi connectivity index (χ2v) is 5.70. The van der Waals surface area contributed by atoms with E-state index in [9.17, 15) is 9.90 Å². The summed E-state index contributed by atoms with van der Waals surface area (Å²) in [5, 5.41) is 9.68. The molecule has 0 aromatic heterocycles. The second kappa shape index (κ2) is 6.29. The van der Waals surface area contributed by atoms with Gasteiger partial charge in [-0.25, -0.2) is 4.79 Å². The molecular weight excluding hydrogens is 342 g/mol. The van der Waals surface area contributed by atoms with Crippen molar-refractivity contribution in [1.82, 2.24) is 0 Å². The smallest absolute Gasteiger partial charge is 0.337 e. The lowest BCUT2D eigenvalue weighted by molar-refractivity contribution is 0.0697. The van der Waals surface area contributed by atoms with E-state index >= 15 is 0 Å². The van der Waals surface area contributed by atoms with Gasteiger partial charge in [-0.2, -0.15) is 0 Å². The number of hydrogen-bond acceptors (Lipinski definition) is 2. The van der Waals surface area contributed by atoms with E-state index in [0.29, 0.717) is 17.3 Å². The maximum atomic E-state index is 11.3. The van der Waals surface area contributed by atoms with Crippen molar-refractivity contribution in [3.8, 4) is 0 Å². The Hall–Kier alpha value is -1.52. The minimum absolute atomic E-state index is 0.201. The summed E-state index contributed by atoms with van der Waals surface area (Å²) >= 11 is 9.35. The van der Waals surface area contributed by atoms with E-state index in [-0.39, 0.29) is 5.56 Å². The predicted molar refractivity (Wildman–Crippen MR) is 84.7 cm³/mol. The van der Waals surface area contributed by atoms with Gasteiger partial charge in [0.05, 0.1) is 11.3 Å². The van der Waals surface area contributed by atoms with E-state index in [0.717, 1.165) is 10.0 Å². The summed E-state index contributed by atoms with van der Waals surface area (Å²) < 4.78 is 0.998. The number of carbonyl (C=O) groups is 1. The molecule has 2 aromatic rings. The van der Waals surface area contributed by atoms with Crippen LogP contribution in [0, 0.1) is 0 Å². The molecule has 0 fully saturated rings. The third-order valence-electron chi connectivity index (χ3n) is 2.97. The van der Waals surface area contributed by atoms with E-state index in [4.69, 9.17) is 11.6 Å². The van der Waals surface area contributed by atoms with Crippen LogP contribution in [-0.4, -0.2) is 18.1 Å². The highest BCUT2D eigenvalue weighted by molar-refractivity contribution is 9.10. The fourth-order valence-electron chi connectivity index (χ4n) is 1.98. The number of benzene rings is 2. The number of nitrogens with zero attached hydrogens (tertiary/aromatic N) is 1. The summed E-state index contributed by atoms with van der Waals surface area (Å²) in [6, 6.07) is 12.7. The van der Waals surface area contributed by atoms with E-state index in [2.05, 4.69) is 15.9 Å². The number of halogens is 2. The van der Waals surface area contributed by atoms with Gasteiger partial charge < -0.3 is 10.0 Å². The van der Waals surface area contributed by atoms with Gasteiger partial charge >= 0.3 is 5.97 Å². The molecule has 104 valence electrons. The van der Waals surface area contributed by atoms with Crippen LogP contribution >= 0.6 is 27.5 Å². The van der Waals surface area contributed by atoms with Crippen LogP contribution in [-0.2, 0) is 6.54 Å². The summed E-state index contributed by atoms with van der Waals surface area (Å²) in [6.45, 7) is 0.601. The minimum atomic E-state index is -0.985. The Morgan fingerprint density at radius 3 is 2.65 bits per heavy atom. The van der Waals surface area contributed by atoms with Crippen molar-refractivity contribution in [1.29, 1.82) is 0 Å². The molecule has 0 saturated heterocycles. The quantitative estimate of drug-likeness (QED) is 0.882. The average Bonchev–Trinajstić information content (AvgIpc) is 2.41. The Balaban J connectivity index is 2.32. The Morgan fingerprint density at radius 1 is 1.30 bits per heavy atom. The van der Waals surface area contributed by atoms with Crippen LogP contribution in [0.5, 0.6) is 0 Å². The lowest BCUT2D eigenvalue weighted by atomic mass is 10.1. The molecule has 0 spiro atoms. The van der Waals surface area contributed by atoms with Crippen LogP contribution in [0.3, 0.4) is 0 Å². The fraction of sp³-hybridized carbons (Fsp3) is 0.133. The lowest BCUT2D eigenvalue weighted by Gasteiger charge is -2.22. The van der Waals surface area contributed by atoms with Crippen molar-refractivity contribution < 1.29 is 9.90 Å². The first-order valence-electron chi connectivity index (χ1n) is 5.96. The third-order valence-corrected chi connectivity index (χ3v) is 3.97. The molecule has 0 saturated carbocycles. The molecule has 5 heteroatoms. The standard InChI is InChI=1S/C15H13BrClNO2/c1-18(9-10-4-2-3-5-13(10)16)14-7-6-11(17)8-12(14)15(19)20/h2-8H,9H2,1H3,(H,19,20). The summed E-state index contributed by atoms with van der Waals surface area (Å²) in [5.74, 6) is -0.985. The highest BCUT2D eigenvalue weighted by Crippen LogP contribution is 2.26. The molecule has 3 nitrogen and oxygen atoms in total. The maximum absolute atomic E-state index is 11.3. The Kier molecular flexibility index (Phi) is 4.68. The van der Waals surface area contributed by atoms with Crippen molar-refractivity contribution in [3.63, 3.8) is 0 Å². The first-order chi connectivity index (χ1) is 9.49. The van der Waals surface area contributed by atoms with Gasteiger partial charge in [0, 0.05) is 23.1 Å². The van der Waals surface area contributed by atoms with Gasteiger partial charge in [0.2, 0.25) is 0 Å². The molecule has 0 atom stereocenters. The Bertz CT molecular complexity index is 646. The third kappa shape index (κ3) is 3.32. The van der Waals surface area contributed by atoms with Gasteiger partial charge in [-0.05, 0) is 29.8 Å². The van der Waals surface area contributed by atoms with E-state index < -0.39 is 5.97 Å². The summed E-state index contributed by atoms with van der Waals surface area (Å²) in [5.41, 5.74) is 1.92. The highest BCUT2D eigenvalue weighted by Gasteiger charge is 2.15. The topological polar surface area (TPSA) is 40.5 Å². The minimum Gasteiger partial charge on any atom is -0.478 e. The zero-order chi connectivity index (χ0) is 14.7. The van der Waals surface area contributed by atoms with Crippen LogP contribution in [0.15, 0.2) is 46.9 Å². The molecule has 0 aliphatic heterocycles. The predicted octanol–water partition coefficient (Wildman–Crippen LogP) is 4.44. The van der Waals surface area contributed by atoms with Gasteiger partial charge in [-0.1, -0.05) is 45.7 Å². The first kappa shape index (κ1) is 14.9. The largest absolute Gasteiger partial charge is 0.478 e. The van der Waals surface area contributed by atoms with Crippen molar-refractivity contribution >= 4 is 39.2 Å². The van der Waals surface area contributed by atoms with Crippen molar-refractivity contribution in [2.45, 2.75) is 6.54 Å². The summed E-state index contributed by atoms with van der Waals surface area (Å²) in [6.07, 6.45) is 0. The molecule has 0 heterocycles. The Morgan fingerprint density at radius 2 is 2.00 bits per heavy atom. The van der Waals surface area contributed by atoms with Gasteiger partial charge in [0.25, 0.3) is 0 Å². The van der Waals surface area contributed by atoms with Crippen molar-refractivity contribution in [2.75, 3.05) is 11.9 Å². The normalized spacial score (nSPS) is 10.3.